The first kappa shape index (κ1) is 17.4. The second kappa shape index (κ2) is 7.98. The minimum Gasteiger partial charge on any atom is -0.383 e. The number of hydrogen-bond donors (Lipinski definition) is 1. The molecule has 5 heteroatoms. The molecule has 0 bridgehead atoms. The maximum Gasteiger partial charge on any atom is 0.272 e. The number of carbonyl (C=O) groups is 1. The summed E-state index contributed by atoms with van der Waals surface area (Å²) < 4.78 is 0. The van der Waals surface area contributed by atoms with Gasteiger partial charge in [-0.25, -0.2) is 0 Å². The summed E-state index contributed by atoms with van der Waals surface area (Å²) >= 11 is 0. The minimum atomic E-state index is -0.0787. The molecule has 0 saturated carbocycles. The van der Waals surface area contributed by atoms with Crippen molar-refractivity contribution < 1.29 is 4.79 Å². The highest BCUT2D eigenvalue weighted by atomic mass is 16.2. The van der Waals surface area contributed by atoms with Crippen LogP contribution in [0.2, 0.25) is 0 Å². The monoisotopic (exact) mass is 292 g/mol. The fraction of sp³-hybridized carbons (Fsp3) is 0.625. The van der Waals surface area contributed by atoms with Gasteiger partial charge in [0.15, 0.2) is 0 Å². The molecule has 118 valence electrons. The van der Waals surface area contributed by atoms with Gasteiger partial charge in [-0.3, -0.25) is 9.78 Å². The second-order valence-corrected chi connectivity index (χ2v) is 6.26. The molecule has 1 aromatic heterocycles. The van der Waals surface area contributed by atoms with Crippen LogP contribution in [0.5, 0.6) is 0 Å². The molecule has 0 radical (unpaired) electrons. The van der Waals surface area contributed by atoms with Gasteiger partial charge >= 0.3 is 0 Å². The Morgan fingerprint density at radius 2 is 1.95 bits per heavy atom. The molecule has 1 aromatic rings. The van der Waals surface area contributed by atoms with Crippen molar-refractivity contribution in [1.82, 2.24) is 14.8 Å². The number of nitrogens with one attached hydrogen (secondary N) is 1. The lowest BCUT2D eigenvalue weighted by Gasteiger charge is -2.26. The van der Waals surface area contributed by atoms with Gasteiger partial charge in [0, 0.05) is 38.6 Å². The van der Waals surface area contributed by atoms with Crippen LogP contribution in [0.4, 0.5) is 5.69 Å². The van der Waals surface area contributed by atoms with E-state index in [1.807, 2.05) is 12.1 Å². The molecule has 0 spiro atoms. The topological polar surface area (TPSA) is 48.5 Å². The van der Waals surface area contributed by atoms with Crippen LogP contribution in [0.3, 0.4) is 0 Å². The van der Waals surface area contributed by atoms with E-state index in [1.54, 1.807) is 20.3 Å². The largest absolute Gasteiger partial charge is 0.383 e. The molecule has 1 heterocycles. The highest BCUT2D eigenvalue weighted by Crippen LogP contribution is 2.13. The number of aromatic nitrogens is 1. The predicted octanol–water partition coefficient (Wildman–Crippen LogP) is 2.17. The Labute approximate surface area is 128 Å². The maximum atomic E-state index is 11.9. The third kappa shape index (κ3) is 5.71. The lowest BCUT2D eigenvalue weighted by molar-refractivity contribution is 0.0822. The van der Waals surface area contributed by atoms with Gasteiger partial charge in [0.25, 0.3) is 5.91 Å². The maximum absolute atomic E-state index is 11.9. The summed E-state index contributed by atoms with van der Waals surface area (Å²) in [5.74, 6) is 0.576. The number of nitrogens with zero attached hydrogens (tertiary/aromatic N) is 3. The average molecular weight is 292 g/mol. The highest BCUT2D eigenvalue weighted by molar-refractivity contribution is 5.92. The zero-order chi connectivity index (χ0) is 16.0. The number of likely N-dealkylation sites (N-methyl/N-ethyl adjacent to an activating group) is 1. The lowest BCUT2D eigenvalue weighted by atomic mass is 10.0. The molecule has 0 aliphatic carbocycles. The van der Waals surface area contributed by atoms with Crippen LogP contribution in [0.25, 0.3) is 0 Å². The molecule has 0 aromatic carbocycles. The third-order valence-electron chi connectivity index (χ3n) is 3.40. The molecular formula is C16H28N4O. The van der Waals surface area contributed by atoms with Crippen molar-refractivity contribution in [3.63, 3.8) is 0 Å². The van der Waals surface area contributed by atoms with Gasteiger partial charge in [-0.2, -0.15) is 0 Å². The van der Waals surface area contributed by atoms with E-state index in [-0.39, 0.29) is 5.91 Å². The van der Waals surface area contributed by atoms with Crippen molar-refractivity contribution >= 4 is 11.6 Å². The van der Waals surface area contributed by atoms with Gasteiger partial charge in [-0.1, -0.05) is 13.8 Å². The first-order valence-electron chi connectivity index (χ1n) is 7.39. The number of hydrogen-bond acceptors (Lipinski definition) is 4. The van der Waals surface area contributed by atoms with Crippen molar-refractivity contribution in [2.75, 3.05) is 40.1 Å². The zero-order valence-electron chi connectivity index (χ0n) is 14.1. The number of pyridine rings is 1. The van der Waals surface area contributed by atoms with Crippen LogP contribution in [0.15, 0.2) is 18.3 Å². The summed E-state index contributed by atoms with van der Waals surface area (Å²) in [7, 11) is 7.66. The van der Waals surface area contributed by atoms with Gasteiger partial charge < -0.3 is 15.1 Å². The van der Waals surface area contributed by atoms with Gasteiger partial charge in [0.1, 0.15) is 5.69 Å². The molecule has 5 nitrogen and oxygen atoms in total. The Hall–Kier alpha value is -1.62. The number of anilines is 1. The predicted molar refractivity (Wildman–Crippen MR) is 87.7 cm³/mol. The molecule has 1 rings (SSSR count). The summed E-state index contributed by atoms with van der Waals surface area (Å²) in [6.07, 6.45) is 2.81. The summed E-state index contributed by atoms with van der Waals surface area (Å²) in [6, 6.07) is 4.17. The first-order valence-corrected chi connectivity index (χ1v) is 7.39. The molecule has 1 atom stereocenters. The number of rotatable bonds is 7. The van der Waals surface area contributed by atoms with Gasteiger partial charge in [0.2, 0.25) is 0 Å². The van der Waals surface area contributed by atoms with Crippen LogP contribution in [-0.4, -0.2) is 61.5 Å². The molecule has 0 fully saturated rings. The SMILES string of the molecule is CC(C)C[C@H](CNc1ccnc(C(=O)N(C)C)c1)N(C)C. The van der Waals surface area contributed by atoms with Crippen LogP contribution >= 0.6 is 0 Å². The molecular weight excluding hydrogens is 264 g/mol. The second-order valence-electron chi connectivity index (χ2n) is 6.26. The van der Waals surface area contributed by atoms with Gasteiger partial charge in [-0.05, 0) is 38.6 Å². The van der Waals surface area contributed by atoms with E-state index in [2.05, 4.69) is 43.1 Å². The Morgan fingerprint density at radius 1 is 1.29 bits per heavy atom. The smallest absolute Gasteiger partial charge is 0.272 e. The lowest BCUT2D eigenvalue weighted by Crippen LogP contribution is -2.35. The fourth-order valence-corrected chi connectivity index (χ4v) is 2.14. The summed E-state index contributed by atoms with van der Waals surface area (Å²) in [6.45, 7) is 5.32. The number of amides is 1. The van der Waals surface area contributed by atoms with Gasteiger partial charge in [0.05, 0.1) is 0 Å². The summed E-state index contributed by atoms with van der Waals surface area (Å²) in [5.41, 5.74) is 1.40. The van der Waals surface area contributed by atoms with E-state index in [9.17, 15) is 4.79 Å². The van der Waals surface area contributed by atoms with Crippen LogP contribution in [-0.2, 0) is 0 Å². The highest BCUT2D eigenvalue weighted by Gasteiger charge is 2.14. The Kier molecular flexibility index (Phi) is 6.62. The van der Waals surface area contributed by atoms with Gasteiger partial charge in [-0.15, -0.1) is 0 Å². The van der Waals surface area contributed by atoms with Crippen molar-refractivity contribution in [3.8, 4) is 0 Å². The Balaban J connectivity index is 2.70. The van der Waals surface area contributed by atoms with Crippen molar-refractivity contribution in [1.29, 1.82) is 0 Å². The summed E-state index contributed by atoms with van der Waals surface area (Å²) in [5, 5.41) is 3.41. The normalized spacial score (nSPS) is 12.6. The minimum absolute atomic E-state index is 0.0787. The molecule has 0 aliphatic heterocycles. The molecule has 21 heavy (non-hydrogen) atoms. The Morgan fingerprint density at radius 3 is 2.48 bits per heavy atom. The van der Waals surface area contributed by atoms with Crippen LogP contribution in [0.1, 0.15) is 30.8 Å². The quantitative estimate of drug-likeness (QED) is 0.837. The van der Waals surface area contributed by atoms with Crippen LogP contribution in [0, 0.1) is 5.92 Å². The van der Waals surface area contributed by atoms with E-state index < -0.39 is 0 Å². The van der Waals surface area contributed by atoms with E-state index in [0.717, 1.165) is 18.7 Å². The zero-order valence-corrected chi connectivity index (χ0v) is 14.1. The number of carbonyl (C=O) groups excluding carboxylic acids is 1. The van der Waals surface area contributed by atoms with E-state index in [4.69, 9.17) is 0 Å². The Bertz CT molecular complexity index is 457. The average Bonchev–Trinajstić information content (AvgIpc) is 2.42. The van der Waals surface area contributed by atoms with E-state index in [1.165, 1.54) is 4.90 Å². The van der Waals surface area contributed by atoms with Crippen molar-refractivity contribution in [3.05, 3.63) is 24.0 Å². The molecule has 0 aliphatic rings. The fourth-order valence-electron chi connectivity index (χ4n) is 2.14. The first-order chi connectivity index (χ1) is 9.81. The van der Waals surface area contributed by atoms with E-state index in [0.29, 0.717) is 17.7 Å². The van der Waals surface area contributed by atoms with E-state index >= 15 is 0 Å². The third-order valence-corrected chi connectivity index (χ3v) is 3.40. The molecule has 0 saturated heterocycles. The van der Waals surface area contributed by atoms with Crippen molar-refractivity contribution in [2.45, 2.75) is 26.3 Å². The summed E-state index contributed by atoms with van der Waals surface area (Å²) in [4.78, 5) is 19.8. The standard InChI is InChI=1S/C16H28N4O/c1-12(2)9-14(19(3)4)11-18-13-7-8-17-15(10-13)16(21)20(5)6/h7-8,10,12,14H,9,11H2,1-6H3,(H,17,18)/t14-/m1/s1. The van der Waals surface area contributed by atoms with Crippen molar-refractivity contribution in [2.24, 2.45) is 5.92 Å². The molecule has 0 unspecified atom stereocenters. The van der Waals surface area contributed by atoms with Crippen LogP contribution < -0.4 is 5.32 Å². The molecule has 1 N–H and O–H groups in total. The molecule has 1 amide bonds.